The van der Waals surface area contributed by atoms with Crippen LogP contribution in [0, 0.1) is 0 Å². The average Bonchev–Trinajstić information content (AvgIpc) is 3.33. The highest BCUT2D eigenvalue weighted by Gasteiger charge is 2.42. The lowest BCUT2D eigenvalue weighted by Gasteiger charge is -2.16. The summed E-state index contributed by atoms with van der Waals surface area (Å²) < 4.78 is 0. The van der Waals surface area contributed by atoms with Crippen LogP contribution >= 0.6 is 11.8 Å². The van der Waals surface area contributed by atoms with Crippen LogP contribution in [0.25, 0.3) is 0 Å². The van der Waals surface area contributed by atoms with Gasteiger partial charge in [-0.05, 0) is 19.3 Å². The van der Waals surface area contributed by atoms with E-state index in [1.807, 2.05) is 11.8 Å². The first-order valence-electron chi connectivity index (χ1n) is 13.7. The van der Waals surface area contributed by atoms with Crippen molar-refractivity contribution in [1.29, 1.82) is 0 Å². The number of hydrogen-bond donors (Lipinski definition) is 3. The van der Waals surface area contributed by atoms with Crippen LogP contribution in [0.4, 0.5) is 4.79 Å². The monoisotopic (exact) mass is 467 g/mol. The number of amides is 3. The largest absolute Gasteiger partial charge is 0.356 e. The molecule has 0 aromatic heterocycles. The molecule has 0 radical (unpaired) electrons. The molecule has 0 aromatic rings. The molecule has 5 nitrogen and oxygen atoms in total. The standard InChI is InChI=1S/C26H49N3O2S/c1-2-3-4-5-6-7-8-9-10-11-12-13-14-17-20-27-24(30)19-16-15-18-23-25-22(21-32-23)28-26(31)29-25/h22-23,25H,2-21H2,1H3,(H,27,30)(H2,28,29,31)/t22-,23-,25-/m0/s1. The summed E-state index contributed by atoms with van der Waals surface area (Å²) in [6.07, 6.45) is 22.8. The maximum atomic E-state index is 12.0. The fraction of sp³-hybridized carbons (Fsp3) is 0.923. The fourth-order valence-corrected chi connectivity index (χ4v) is 6.45. The summed E-state index contributed by atoms with van der Waals surface area (Å²) in [6.45, 7) is 3.11. The zero-order valence-electron chi connectivity index (χ0n) is 20.6. The molecule has 2 fully saturated rings. The summed E-state index contributed by atoms with van der Waals surface area (Å²) in [5.74, 6) is 1.21. The molecule has 2 aliphatic heterocycles. The van der Waals surface area contributed by atoms with Crippen molar-refractivity contribution in [3.8, 4) is 0 Å². The Hall–Kier alpha value is -0.910. The van der Waals surface area contributed by atoms with E-state index in [-0.39, 0.29) is 18.0 Å². The SMILES string of the molecule is CCCCCCCCCCCCCCCCNC(=O)CCCC[C@@H]1SC[C@@H]2NC(=O)N[C@@H]21. The van der Waals surface area contributed by atoms with E-state index in [1.165, 1.54) is 83.5 Å². The maximum absolute atomic E-state index is 12.0. The fourth-order valence-electron chi connectivity index (χ4n) is 4.91. The first kappa shape index (κ1) is 27.3. The minimum Gasteiger partial charge on any atom is -0.356 e. The van der Waals surface area contributed by atoms with Crippen molar-refractivity contribution in [3.63, 3.8) is 0 Å². The molecule has 2 rings (SSSR count). The predicted octanol–water partition coefficient (Wildman–Crippen LogP) is 6.31. The Morgan fingerprint density at radius 3 is 2.06 bits per heavy atom. The average molecular weight is 468 g/mol. The number of urea groups is 1. The Bertz CT molecular complexity index is 517. The first-order valence-corrected chi connectivity index (χ1v) is 14.7. The number of nitrogens with one attached hydrogen (secondary N) is 3. The molecule has 2 aliphatic rings. The maximum Gasteiger partial charge on any atom is 0.315 e. The van der Waals surface area contributed by atoms with Gasteiger partial charge < -0.3 is 16.0 Å². The van der Waals surface area contributed by atoms with Crippen molar-refractivity contribution < 1.29 is 9.59 Å². The van der Waals surface area contributed by atoms with E-state index in [0.717, 1.165) is 38.0 Å². The van der Waals surface area contributed by atoms with Gasteiger partial charge in [-0.1, -0.05) is 96.8 Å². The van der Waals surface area contributed by atoms with Gasteiger partial charge in [0.1, 0.15) is 0 Å². The van der Waals surface area contributed by atoms with Crippen molar-refractivity contribution in [2.24, 2.45) is 0 Å². The van der Waals surface area contributed by atoms with E-state index in [0.29, 0.717) is 17.7 Å². The third-order valence-electron chi connectivity index (χ3n) is 6.93. The molecular weight excluding hydrogens is 418 g/mol. The number of fused-ring (bicyclic) bond motifs is 1. The summed E-state index contributed by atoms with van der Waals surface area (Å²) in [7, 11) is 0. The molecule has 186 valence electrons. The number of unbranched alkanes of at least 4 members (excludes halogenated alkanes) is 14. The molecule has 0 unspecified atom stereocenters. The Morgan fingerprint density at radius 1 is 0.844 bits per heavy atom. The minimum absolute atomic E-state index is 0.0202. The highest BCUT2D eigenvalue weighted by atomic mass is 32.2. The van der Waals surface area contributed by atoms with Crippen LogP contribution < -0.4 is 16.0 Å². The third-order valence-corrected chi connectivity index (χ3v) is 8.44. The highest BCUT2D eigenvalue weighted by Crippen LogP contribution is 2.33. The summed E-state index contributed by atoms with van der Waals surface area (Å²) in [6, 6.07) is 0.556. The number of hydrogen-bond acceptors (Lipinski definition) is 3. The van der Waals surface area contributed by atoms with E-state index < -0.39 is 0 Å². The second kappa shape index (κ2) is 17.6. The third kappa shape index (κ3) is 11.8. The van der Waals surface area contributed by atoms with Gasteiger partial charge in [-0.3, -0.25) is 4.79 Å². The van der Waals surface area contributed by atoms with Crippen molar-refractivity contribution in [1.82, 2.24) is 16.0 Å². The van der Waals surface area contributed by atoms with E-state index in [9.17, 15) is 9.59 Å². The van der Waals surface area contributed by atoms with Crippen LogP contribution in [-0.2, 0) is 4.79 Å². The Kier molecular flexibility index (Phi) is 15.0. The Morgan fingerprint density at radius 2 is 1.44 bits per heavy atom. The number of carbonyl (C=O) groups excluding carboxylic acids is 2. The lowest BCUT2D eigenvalue weighted by Crippen LogP contribution is -2.36. The van der Waals surface area contributed by atoms with Crippen LogP contribution in [0.1, 0.15) is 122 Å². The molecule has 3 amide bonds. The second-order valence-electron chi connectivity index (χ2n) is 9.81. The molecule has 3 atom stereocenters. The molecule has 2 saturated heterocycles. The second-order valence-corrected chi connectivity index (χ2v) is 11.1. The van der Waals surface area contributed by atoms with Gasteiger partial charge in [-0.25, -0.2) is 4.79 Å². The van der Waals surface area contributed by atoms with Crippen molar-refractivity contribution in [2.75, 3.05) is 12.3 Å². The summed E-state index contributed by atoms with van der Waals surface area (Å²) in [5.41, 5.74) is 0. The lowest BCUT2D eigenvalue weighted by atomic mass is 10.0. The van der Waals surface area contributed by atoms with Gasteiger partial charge in [0.05, 0.1) is 12.1 Å². The molecule has 0 aliphatic carbocycles. The molecule has 0 saturated carbocycles. The summed E-state index contributed by atoms with van der Waals surface area (Å²) in [4.78, 5) is 23.4. The van der Waals surface area contributed by atoms with E-state index in [1.54, 1.807) is 0 Å². The van der Waals surface area contributed by atoms with Gasteiger partial charge in [0, 0.05) is 24.0 Å². The summed E-state index contributed by atoms with van der Waals surface area (Å²) >= 11 is 1.95. The Balaban J connectivity index is 1.28. The number of rotatable bonds is 20. The van der Waals surface area contributed by atoms with Gasteiger partial charge in [-0.2, -0.15) is 11.8 Å². The first-order chi connectivity index (χ1) is 15.7. The Labute approximate surface area is 201 Å². The molecule has 0 spiro atoms. The molecule has 0 bridgehead atoms. The van der Waals surface area contributed by atoms with Gasteiger partial charge in [0.15, 0.2) is 0 Å². The normalized spacial score (nSPS) is 21.9. The zero-order valence-corrected chi connectivity index (χ0v) is 21.4. The predicted molar refractivity (Wildman–Crippen MR) is 137 cm³/mol. The van der Waals surface area contributed by atoms with E-state index in [2.05, 4.69) is 22.9 Å². The van der Waals surface area contributed by atoms with Crippen LogP contribution in [-0.4, -0.2) is 41.6 Å². The molecule has 0 aromatic carbocycles. The zero-order chi connectivity index (χ0) is 22.9. The molecular formula is C26H49N3O2S. The van der Waals surface area contributed by atoms with E-state index in [4.69, 9.17) is 0 Å². The molecule has 3 N–H and O–H groups in total. The molecule has 6 heteroatoms. The smallest absolute Gasteiger partial charge is 0.315 e. The number of thioether (sulfide) groups is 1. The van der Waals surface area contributed by atoms with Crippen LogP contribution in [0.3, 0.4) is 0 Å². The van der Waals surface area contributed by atoms with E-state index >= 15 is 0 Å². The van der Waals surface area contributed by atoms with Gasteiger partial charge in [0.25, 0.3) is 0 Å². The van der Waals surface area contributed by atoms with Crippen molar-refractivity contribution in [3.05, 3.63) is 0 Å². The summed E-state index contributed by atoms with van der Waals surface area (Å²) in [5, 5.41) is 9.60. The van der Waals surface area contributed by atoms with Gasteiger partial charge in [-0.15, -0.1) is 0 Å². The van der Waals surface area contributed by atoms with Crippen LogP contribution in [0.2, 0.25) is 0 Å². The highest BCUT2D eigenvalue weighted by molar-refractivity contribution is 8.00. The topological polar surface area (TPSA) is 70.2 Å². The molecule has 2 heterocycles. The van der Waals surface area contributed by atoms with Crippen LogP contribution in [0.15, 0.2) is 0 Å². The van der Waals surface area contributed by atoms with Gasteiger partial charge >= 0.3 is 6.03 Å². The van der Waals surface area contributed by atoms with Crippen molar-refractivity contribution in [2.45, 2.75) is 140 Å². The minimum atomic E-state index is -0.0202. The van der Waals surface area contributed by atoms with Crippen LogP contribution in [0.5, 0.6) is 0 Å². The lowest BCUT2D eigenvalue weighted by molar-refractivity contribution is -0.121. The molecule has 32 heavy (non-hydrogen) atoms. The van der Waals surface area contributed by atoms with Crippen molar-refractivity contribution >= 4 is 23.7 Å². The number of carbonyl (C=O) groups is 2. The quantitative estimate of drug-likeness (QED) is 0.145. The van der Waals surface area contributed by atoms with Gasteiger partial charge in [0.2, 0.25) is 5.91 Å².